The molecule has 0 amide bonds. The summed E-state index contributed by atoms with van der Waals surface area (Å²) in [5.41, 5.74) is 10.6. The molecule has 0 bridgehead atoms. The summed E-state index contributed by atoms with van der Waals surface area (Å²) < 4.78 is 0. The Morgan fingerprint density at radius 3 is 1.58 bits per heavy atom. The summed E-state index contributed by atoms with van der Waals surface area (Å²) in [6.07, 6.45) is 0. The molecule has 0 unspecified atom stereocenters. The minimum absolute atomic E-state index is 1.11. The Balaban J connectivity index is 1.40. The Morgan fingerprint density at radius 1 is 0.311 bits per heavy atom. The van der Waals surface area contributed by atoms with Crippen LogP contribution in [-0.2, 0) is 0 Å². The van der Waals surface area contributed by atoms with E-state index in [-0.39, 0.29) is 0 Å². The molecule has 8 aromatic rings. The lowest BCUT2D eigenvalue weighted by Gasteiger charge is -2.29. The van der Waals surface area contributed by atoms with Crippen molar-refractivity contribution in [1.29, 1.82) is 0 Å². The first kappa shape index (κ1) is 26.7. The number of anilines is 3. The number of rotatable bonds is 6. The highest BCUT2D eigenvalue weighted by Gasteiger charge is 2.21. The fourth-order valence-electron chi connectivity index (χ4n) is 6.49. The van der Waals surface area contributed by atoms with Gasteiger partial charge in [-0.25, -0.2) is 0 Å². The molecule has 0 aliphatic heterocycles. The van der Waals surface area contributed by atoms with Gasteiger partial charge in [-0.15, -0.1) is 0 Å². The minimum atomic E-state index is 1.11. The second-order valence-electron chi connectivity index (χ2n) is 11.4. The van der Waals surface area contributed by atoms with Crippen molar-refractivity contribution in [2.75, 3.05) is 4.90 Å². The van der Waals surface area contributed by atoms with Gasteiger partial charge in [0.2, 0.25) is 0 Å². The molecule has 212 valence electrons. The standard InChI is InChI=1S/C44H31N/c1-3-13-32(14-4-1)34-25-28-38(29-26-34)45(39-21-11-20-37(31-39)33-15-5-2-6-16-33)43-30-27-36-18-8-10-23-41(36)44(43)42-24-12-19-35-17-7-9-22-40(35)42/h1-31H. The second kappa shape index (κ2) is 11.6. The van der Waals surface area contributed by atoms with Crippen molar-refractivity contribution < 1.29 is 0 Å². The molecule has 8 rings (SSSR count). The summed E-state index contributed by atoms with van der Waals surface area (Å²) in [4.78, 5) is 2.42. The summed E-state index contributed by atoms with van der Waals surface area (Å²) in [5, 5.41) is 4.94. The molecule has 0 saturated carbocycles. The summed E-state index contributed by atoms with van der Waals surface area (Å²) in [6.45, 7) is 0. The van der Waals surface area contributed by atoms with E-state index in [0.29, 0.717) is 0 Å². The number of fused-ring (bicyclic) bond motifs is 2. The second-order valence-corrected chi connectivity index (χ2v) is 11.4. The van der Waals surface area contributed by atoms with Crippen LogP contribution in [0.3, 0.4) is 0 Å². The fraction of sp³-hybridized carbons (Fsp3) is 0. The van der Waals surface area contributed by atoms with Crippen molar-refractivity contribution in [3.63, 3.8) is 0 Å². The van der Waals surface area contributed by atoms with Crippen LogP contribution in [0.2, 0.25) is 0 Å². The van der Waals surface area contributed by atoms with Crippen molar-refractivity contribution in [2.45, 2.75) is 0 Å². The molecule has 8 aromatic carbocycles. The van der Waals surface area contributed by atoms with E-state index in [0.717, 1.165) is 17.1 Å². The molecular weight excluding hydrogens is 542 g/mol. The highest BCUT2D eigenvalue weighted by atomic mass is 15.1. The maximum Gasteiger partial charge on any atom is 0.0546 e. The van der Waals surface area contributed by atoms with Crippen LogP contribution < -0.4 is 4.90 Å². The van der Waals surface area contributed by atoms with Crippen molar-refractivity contribution >= 4 is 38.6 Å². The molecule has 0 spiro atoms. The SMILES string of the molecule is c1ccc(-c2ccc(N(c3cccc(-c4ccccc4)c3)c3ccc4ccccc4c3-c3cccc4ccccc34)cc2)cc1. The fourth-order valence-corrected chi connectivity index (χ4v) is 6.49. The summed E-state index contributed by atoms with van der Waals surface area (Å²) in [7, 11) is 0. The minimum Gasteiger partial charge on any atom is -0.310 e. The first-order valence-corrected chi connectivity index (χ1v) is 15.4. The van der Waals surface area contributed by atoms with Crippen LogP contribution in [0.25, 0.3) is 54.9 Å². The third-order valence-corrected chi connectivity index (χ3v) is 8.65. The lowest BCUT2D eigenvalue weighted by molar-refractivity contribution is 1.29. The van der Waals surface area contributed by atoms with Crippen molar-refractivity contribution in [3.05, 3.63) is 188 Å². The molecular formula is C44H31N. The average molecular weight is 574 g/mol. The zero-order chi connectivity index (χ0) is 30.0. The Kier molecular flexibility index (Phi) is 6.90. The van der Waals surface area contributed by atoms with Crippen molar-refractivity contribution in [2.24, 2.45) is 0 Å². The van der Waals surface area contributed by atoms with Gasteiger partial charge in [0.15, 0.2) is 0 Å². The number of hydrogen-bond donors (Lipinski definition) is 0. The van der Waals surface area contributed by atoms with Gasteiger partial charge < -0.3 is 4.90 Å². The zero-order valence-electron chi connectivity index (χ0n) is 24.8. The third-order valence-electron chi connectivity index (χ3n) is 8.65. The van der Waals surface area contributed by atoms with Crippen LogP contribution in [0.5, 0.6) is 0 Å². The van der Waals surface area contributed by atoms with E-state index in [2.05, 4.69) is 193 Å². The van der Waals surface area contributed by atoms with Gasteiger partial charge in [-0.1, -0.05) is 158 Å². The predicted molar refractivity (Wildman–Crippen MR) is 192 cm³/mol. The van der Waals surface area contributed by atoms with Gasteiger partial charge in [0.1, 0.15) is 0 Å². The van der Waals surface area contributed by atoms with Gasteiger partial charge in [-0.05, 0) is 79.7 Å². The van der Waals surface area contributed by atoms with E-state index in [9.17, 15) is 0 Å². The molecule has 0 aliphatic rings. The molecule has 0 fully saturated rings. The lowest BCUT2D eigenvalue weighted by Crippen LogP contribution is -2.11. The Labute approximate surface area is 264 Å². The molecule has 1 nitrogen and oxygen atoms in total. The van der Waals surface area contributed by atoms with Gasteiger partial charge in [0.05, 0.1) is 5.69 Å². The van der Waals surface area contributed by atoms with Crippen LogP contribution in [-0.4, -0.2) is 0 Å². The maximum absolute atomic E-state index is 2.42. The van der Waals surface area contributed by atoms with Gasteiger partial charge in [0.25, 0.3) is 0 Å². The Hall–Kier alpha value is -5.92. The molecule has 0 aliphatic carbocycles. The first-order chi connectivity index (χ1) is 22.3. The molecule has 0 aromatic heterocycles. The molecule has 1 heteroatoms. The van der Waals surface area contributed by atoms with Crippen LogP contribution >= 0.6 is 0 Å². The number of benzene rings is 8. The summed E-state index contributed by atoms with van der Waals surface area (Å²) in [6, 6.07) is 67.7. The summed E-state index contributed by atoms with van der Waals surface area (Å²) in [5.74, 6) is 0. The van der Waals surface area contributed by atoms with E-state index in [1.54, 1.807) is 0 Å². The summed E-state index contributed by atoms with van der Waals surface area (Å²) >= 11 is 0. The molecule has 0 N–H and O–H groups in total. The van der Waals surface area contributed by atoms with Crippen LogP contribution in [0, 0.1) is 0 Å². The van der Waals surface area contributed by atoms with E-state index in [1.807, 2.05) is 0 Å². The topological polar surface area (TPSA) is 3.24 Å². The molecule has 0 heterocycles. The normalized spacial score (nSPS) is 11.1. The smallest absolute Gasteiger partial charge is 0.0546 e. The lowest BCUT2D eigenvalue weighted by atomic mass is 9.91. The molecule has 45 heavy (non-hydrogen) atoms. The maximum atomic E-state index is 2.42. The monoisotopic (exact) mass is 573 g/mol. The Morgan fingerprint density at radius 2 is 0.844 bits per heavy atom. The van der Waals surface area contributed by atoms with Gasteiger partial charge in [0, 0.05) is 16.9 Å². The predicted octanol–water partition coefficient (Wildman–Crippen LogP) is 12.5. The van der Waals surface area contributed by atoms with Crippen molar-refractivity contribution in [3.8, 4) is 33.4 Å². The van der Waals surface area contributed by atoms with E-state index < -0.39 is 0 Å². The molecule has 0 saturated heterocycles. The third kappa shape index (κ3) is 5.05. The highest BCUT2D eigenvalue weighted by molar-refractivity contribution is 6.11. The zero-order valence-corrected chi connectivity index (χ0v) is 24.8. The van der Waals surface area contributed by atoms with Gasteiger partial charge in [-0.3, -0.25) is 0 Å². The molecule has 0 atom stereocenters. The van der Waals surface area contributed by atoms with Crippen molar-refractivity contribution in [1.82, 2.24) is 0 Å². The first-order valence-electron chi connectivity index (χ1n) is 15.4. The Bertz CT molecular complexity index is 2250. The van der Waals surface area contributed by atoms with E-state index in [1.165, 1.54) is 54.9 Å². The van der Waals surface area contributed by atoms with Crippen LogP contribution in [0.1, 0.15) is 0 Å². The quantitative estimate of drug-likeness (QED) is 0.191. The number of hydrogen-bond acceptors (Lipinski definition) is 1. The van der Waals surface area contributed by atoms with E-state index in [4.69, 9.17) is 0 Å². The largest absolute Gasteiger partial charge is 0.310 e. The van der Waals surface area contributed by atoms with Crippen LogP contribution in [0.15, 0.2) is 188 Å². The van der Waals surface area contributed by atoms with Gasteiger partial charge >= 0.3 is 0 Å². The highest BCUT2D eigenvalue weighted by Crippen LogP contribution is 2.46. The van der Waals surface area contributed by atoms with E-state index >= 15 is 0 Å². The average Bonchev–Trinajstić information content (AvgIpc) is 3.13. The van der Waals surface area contributed by atoms with Gasteiger partial charge in [-0.2, -0.15) is 0 Å². The van der Waals surface area contributed by atoms with Crippen LogP contribution in [0.4, 0.5) is 17.1 Å². The number of nitrogens with zero attached hydrogens (tertiary/aromatic N) is 1. The molecule has 0 radical (unpaired) electrons.